The predicted molar refractivity (Wildman–Crippen MR) is 94.5 cm³/mol. The third-order valence-corrected chi connectivity index (χ3v) is 3.50. The predicted octanol–water partition coefficient (Wildman–Crippen LogP) is -1.95. The monoisotopic (exact) mass is 366 g/mol. The van der Waals surface area contributed by atoms with Gasteiger partial charge in [0.2, 0.25) is 17.7 Å². The summed E-state index contributed by atoms with van der Waals surface area (Å²) in [6.07, 6.45) is -0.670. The van der Waals surface area contributed by atoms with Crippen molar-refractivity contribution in [3.05, 3.63) is 0 Å². The van der Waals surface area contributed by atoms with Crippen LogP contribution >= 0.6 is 25.3 Å². The van der Waals surface area contributed by atoms with Crippen LogP contribution in [0.2, 0.25) is 0 Å². The zero-order chi connectivity index (χ0) is 18.2. The molecule has 0 rings (SSSR count). The Labute approximate surface area is 147 Å². The summed E-state index contributed by atoms with van der Waals surface area (Å²) in [5.41, 5.74) is 5.25. The first kappa shape index (κ1) is 22.0. The lowest BCUT2D eigenvalue weighted by atomic mass is 10.0. The summed E-state index contributed by atoms with van der Waals surface area (Å²) in [5.74, 6) is -1.41. The summed E-state index contributed by atoms with van der Waals surface area (Å²) in [6, 6.07) is -1.66. The largest absolute Gasteiger partial charge is 0.392 e. The highest BCUT2D eigenvalue weighted by Crippen LogP contribution is 2.17. The van der Waals surface area contributed by atoms with E-state index in [-0.39, 0.29) is 24.7 Å². The lowest BCUT2D eigenvalue weighted by molar-refractivity contribution is -0.128. The van der Waals surface area contributed by atoms with Gasteiger partial charge < -0.3 is 21.5 Å². The number of hydrogen-bond donors (Lipinski definition) is 7. The number of aliphatic hydroxyl groups excluding tert-OH is 1. The second-order valence-electron chi connectivity index (χ2n) is 5.77. The lowest BCUT2D eigenvalue weighted by Gasteiger charge is -2.28. The van der Waals surface area contributed by atoms with Gasteiger partial charge >= 0.3 is 0 Å². The molecule has 0 aromatic rings. The first-order valence-electron chi connectivity index (χ1n) is 7.10. The van der Waals surface area contributed by atoms with Gasteiger partial charge in [0.15, 0.2) is 0 Å². The molecule has 10 heteroatoms. The zero-order valence-corrected chi connectivity index (χ0v) is 15.3. The summed E-state index contributed by atoms with van der Waals surface area (Å²) >= 11 is 8.28. The summed E-state index contributed by atoms with van der Waals surface area (Å²) in [7, 11) is 0. The van der Waals surface area contributed by atoms with Crippen molar-refractivity contribution >= 4 is 43.0 Å². The Morgan fingerprint density at radius 3 is 2.26 bits per heavy atom. The van der Waals surface area contributed by atoms with Crippen LogP contribution in [0.25, 0.3) is 0 Å². The Morgan fingerprint density at radius 1 is 1.30 bits per heavy atom. The number of nitrogens with one attached hydrogen (secondary N) is 3. The maximum absolute atomic E-state index is 11.9. The van der Waals surface area contributed by atoms with Gasteiger partial charge in [-0.1, -0.05) is 0 Å². The Kier molecular flexibility index (Phi) is 9.59. The van der Waals surface area contributed by atoms with E-state index < -0.39 is 34.7 Å². The first-order chi connectivity index (χ1) is 10.5. The molecule has 3 unspecified atom stereocenters. The van der Waals surface area contributed by atoms with Crippen molar-refractivity contribution < 1.29 is 19.5 Å². The molecule has 0 aliphatic rings. The minimum Gasteiger partial charge on any atom is -0.392 e. The number of thiol groups is 2. The Bertz CT molecular complexity index is 427. The lowest BCUT2D eigenvalue weighted by Crippen LogP contribution is -2.57. The van der Waals surface area contributed by atoms with Crippen LogP contribution < -0.4 is 21.7 Å². The number of carbonyl (C=O) groups is 3. The number of rotatable bonds is 10. The normalized spacial score (nSPS) is 15.4. The van der Waals surface area contributed by atoms with Crippen molar-refractivity contribution in [3.63, 3.8) is 0 Å². The number of hydrogen-bond acceptors (Lipinski definition) is 7. The van der Waals surface area contributed by atoms with Gasteiger partial charge in [-0.2, -0.15) is 25.3 Å². The maximum Gasteiger partial charge on any atom is 0.241 e. The topological polar surface area (TPSA) is 134 Å². The van der Waals surface area contributed by atoms with E-state index in [0.29, 0.717) is 0 Å². The van der Waals surface area contributed by atoms with E-state index in [1.165, 1.54) is 0 Å². The van der Waals surface area contributed by atoms with Crippen molar-refractivity contribution in [1.82, 2.24) is 16.0 Å². The molecular formula is C13H26N4O4S2. The number of amides is 3. The maximum atomic E-state index is 11.9. The standard InChI is InChI=1S/C13H26N4O4S2/c1-7(18)4-16-12(21)8(6-22)15-5-9(19)17-10(11(14)20)13(2,3)23/h7-8,10,15,18,22-23H,4-6H2,1-3H3,(H2,14,20)(H,16,21)(H,17,19). The fourth-order valence-corrected chi connectivity index (χ4v) is 2.12. The fraction of sp³-hybridized carbons (Fsp3) is 0.769. The van der Waals surface area contributed by atoms with Gasteiger partial charge in [-0.05, 0) is 20.8 Å². The quantitative estimate of drug-likeness (QED) is 0.226. The van der Waals surface area contributed by atoms with Gasteiger partial charge in [-0.25, -0.2) is 0 Å². The second-order valence-corrected chi connectivity index (χ2v) is 7.28. The summed E-state index contributed by atoms with van der Waals surface area (Å²) < 4.78 is -0.820. The SMILES string of the molecule is CC(O)CNC(=O)C(CS)NCC(=O)NC(C(N)=O)C(C)(C)S. The third kappa shape index (κ3) is 9.04. The molecule has 0 heterocycles. The summed E-state index contributed by atoms with van der Waals surface area (Å²) in [6.45, 7) is 4.76. The molecular weight excluding hydrogens is 340 g/mol. The number of nitrogens with two attached hydrogens (primary N) is 1. The highest BCUT2D eigenvalue weighted by Gasteiger charge is 2.32. The smallest absolute Gasteiger partial charge is 0.241 e. The second kappa shape index (κ2) is 10.0. The average Bonchev–Trinajstić information content (AvgIpc) is 2.41. The molecule has 0 saturated carbocycles. The Morgan fingerprint density at radius 2 is 1.87 bits per heavy atom. The van der Waals surface area contributed by atoms with E-state index in [1.807, 2.05) is 0 Å². The van der Waals surface area contributed by atoms with Crippen molar-refractivity contribution in [3.8, 4) is 0 Å². The van der Waals surface area contributed by atoms with Gasteiger partial charge in [0.1, 0.15) is 6.04 Å². The molecule has 0 aliphatic heterocycles. The van der Waals surface area contributed by atoms with Crippen molar-refractivity contribution in [2.45, 2.75) is 43.7 Å². The van der Waals surface area contributed by atoms with E-state index in [2.05, 4.69) is 41.2 Å². The van der Waals surface area contributed by atoms with Gasteiger partial charge in [-0.15, -0.1) is 0 Å². The highest BCUT2D eigenvalue weighted by molar-refractivity contribution is 7.81. The van der Waals surface area contributed by atoms with Crippen LogP contribution in [0, 0.1) is 0 Å². The van der Waals surface area contributed by atoms with E-state index in [0.717, 1.165) is 0 Å². The molecule has 0 spiro atoms. The molecule has 8 nitrogen and oxygen atoms in total. The third-order valence-electron chi connectivity index (χ3n) is 2.88. The minimum atomic E-state index is -0.946. The van der Waals surface area contributed by atoms with Gasteiger partial charge in [0.05, 0.1) is 18.7 Å². The zero-order valence-electron chi connectivity index (χ0n) is 13.5. The van der Waals surface area contributed by atoms with Crippen molar-refractivity contribution in [2.24, 2.45) is 5.73 Å². The molecule has 134 valence electrons. The van der Waals surface area contributed by atoms with Crippen LogP contribution in [-0.2, 0) is 14.4 Å². The molecule has 23 heavy (non-hydrogen) atoms. The van der Waals surface area contributed by atoms with Crippen LogP contribution in [0.1, 0.15) is 20.8 Å². The molecule has 0 radical (unpaired) electrons. The molecule has 3 amide bonds. The van der Waals surface area contributed by atoms with E-state index in [4.69, 9.17) is 10.8 Å². The molecule has 0 bridgehead atoms. The Balaban J connectivity index is 4.49. The summed E-state index contributed by atoms with van der Waals surface area (Å²) in [4.78, 5) is 35.1. The molecule has 0 aliphatic carbocycles. The van der Waals surface area contributed by atoms with Crippen LogP contribution in [0.4, 0.5) is 0 Å². The van der Waals surface area contributed by atoms with Crippen molar-refractivity contribution in [1.29, 1.82) is 0 Å². The van der Waals surface area contributed by atoms with Crippen LogP contribution in [0.15, 0.2) is 0 Å². The molecule has 0 aromatic carbocycles. The highest BCUT2D eigenvalue weighted by atomic mass is 32.1. The molecule has 3 atom stereocenters. The average molecular weight is 367 g/mol. The molecule has 0 saturated heterocycles. The van der Waals surface area contributed by atoms with Gasteiger partial charge in [0.25, 0.3) is 0 Å². The minimum absolute atomic E-state index is 0.106. The van der Waals surface area contributed by atoms with Gasteiger partial charge in [-0.3, -0.25) is 19.7 Å². The van der Waals surface area contributed by atoms with E-state index >= 15 is 0 Å². The number of aliphatic hydroxyl groups is 1. The number of carbonyl (C=O) groups excluding carboxylic acids is 3. The Hall–Kier alpha value is -0.970. The molecule has 6 N–H and O–H groups in total. The number of primary amides is 1. The molecule has 0 aromatic heterocycles. The van der Waals surface area contributed by atoms with Gasteiger partial charge in [0, 0.05) is 17.0 Å². The van der Waals surface area contributed by atoms with Crippen molar-refractivity contribution in [2.75, 3.05) is 18.8 Å². The van der Waals surface area contributed by atoms with E-state index in [1.54, 1.807) is 20.8 Å². The van der Waals surface area contributed by atoms with Crippen LogP contribution in [0.3, 0.4) is 0 Å². The fourth-order valence-electron chi connectivity index (χ4n) is 1.64. The summed E-state index contributed by atoms with van der Waals surface area (Å²) in [5, 5.41) is 16.9. The molecule has 0 fully saturated rings. The van der Waals surface area contributed by atoms with Crippen LogP contribution in [-0.4, -0.2) is 64.6 Å². The van der Waals surface area contributed by atoms with Crippen LogP contribution in [0.5, 0.6) is 0 Å². The first-order valence-corrected chi connectivity index (χ1v) is 8.18. The van der Waals surface area contributed by atoms with E-state index in [9.17, 15) is 14.4 Å².